The van der Waals surface area contributed by atoms with Gasteiger partial charge >= 0.3 is 5.97 Å². The Morgan fingerprint density at radius 2 is 0.985 bits per heavy atom. The number of carbonyl (C=O) groups excluding carboxylic acids is 2. The Balaban J connectivity index is 2.12. The van der Waals surface area contributed by atoms with E-state index in [2.05, 4.69) is 43.5 Å². The van der Waals surface area contributed by atoms with Crippen molar-refractivity contribution in [2.45, 2.75) is 281 Å². The summed E-state index contributed by atoms with van der Waals surface area (Å²) in [4.78, 5) is 25.0. The van der Waals surface area contributed by atoms with Gasteiger partial charge in [-0.15, -0.1) is 0 Å². The van der Waals surface area contributed by atoms with Crippen LogP contribution in [0.4, 0.5) is 0 Å². The van der Waals surface area contributed by atoms with Crippen molar-refractivity contribution in [2.24, 2.45) is 0 Å². The molecule has 0 saturated carbocycles. The SMILES string of the molecule is CCCCCC/C=C/CC/C=C/C(O)C(COC1OC(CO)C(O)C(O)C1O)NC(=O)CCCCCCCCC/C=C\CCCCCCCCOC(=O)CCCCCCCCCCCCC. The van der Waals surface area contributed by atoms with Crippen LogP contribution in [-0.4, -0.2) is 100 Å². The lowest BCUT2D eigenvalue weighted by atomic mass is 9.99. The summed E-state index contributed by atoms with van der Waals surface area (Å²) in [6.07, 6.45) is 43.8. The Kier molecular flexibility index (Phi) is 42.5. The zero-order valence-corrected chi connectivity index (χ0v) is 42.2. The number of ether oxygens (including phenoxy) is 3. The summed E-state index contributed by atoms with van der Waals surface area (Å²) in [6, 6.07) is -0.835. The van der Waals surface area contributed by atoms with Gasteiger partial charge in [0.2, 0.25) is 5.91 Å². The molecule has 6 N–H and O–H groups in total. The van der Waals surface area contributed by atoms with Crippen LogP contribution in [0.2, 0.25) is 0 Å². The van der Waals surface area contributed by atoms with E-state index in [-0.39, 0.29) is 18.5 Å². The molecule has 0 spiro atoms. The smallest absolute Gasteiger partial charge is 0.305 e. The molecule has 0 aromatic carbocycles. The van der Waals surface area contributed by atoms with Crippen LogP contribution in [0.3, 0.4) is 0 Å². The first-order valence-electron chi connectivity index (χ1n) is 27.3. The second kappa shape index (κ2) is 45.3. The maximum Gasteiger partial charge on any atom is 0.305 e. The molecule has 0 aromatic heterocycles. The molecule has 66 heavy (non-hydrogen) atoms. The van der Waals surface area contributed by atoms with Crippen molar-refractivity contribution in [1.82, 2.24) is 5.32 Å². The van der Waals surface area contributed by atoms with E-state index >= 15 is 0 Å². The predicted molar refractivity (Wildman–Crippen MR) is 269 cm³/mol. The standard InChI is InChI=1S/C55H101NO10/c1-3-5-7-9-11-13-22-27-31-35-39-43-51(60)64-44-40-36-32-28-24-21-19-17-15-16-18-20-23-26-30-34-38-42-50(59)56-47(46-65-55-54(63)53(62)52(61)49(45-57)66-55)48(58)41-37-33-29-25-14-12-10-8-6-4-2/h14-15,17,25,37,41,47-49,52-55,57-58,61-63H,3-13,16,18-24,26-36,38-40,42-46H2,1-2H3,(H,56,59)/b17-15-,25-14+,41-37+. The Labute approximate surface area is 403 Å². The molecule has 0 aliphatic carbocycles. The summed E-state index contributed by atoms with van der Waals surface area (Å²) in [5.74, 6) is -0.227. The number of allylic oxidation sites excluding steroid dienone is 5. The normalized spacial score (nSPS) is 19.9. The van der Waals surface area contributed by atoms with Crippen LogP contribution < -0.4 is 5.32 Å². The number of aliphatic hydroxyl groups excluding tert-OH is 5. The molecular formula is C55H101NO10. The molecule has 0 aromatic rings. The van der Waals surface area contributed by atoms with E-state index in [9.17, 15) is 35.1 Å². The van der Waals surface area contributed by atoms with Crippen LogP contribution in [0.25, 0.3) is 0 Å². The van der Waals surface area contributed by atoms with Gasteiger partial charge in [-0.1, -0.05) is 192 Å². The van der Waals surface area contributed by atoms with Gasteiger partial charge in [-0.05, 0) is 70.6 Å². The number of unbranched alkanes of at least 4 members (excludes halogenated alkanes) is 28. The molecular weight excluding hydrogens is 835 g/mol. The van der Waals surface area contributed by atoms with Gasteiger partial charge in [-0.3, -0.25) is 9.59 Å². The molecule has 386 valence electrons. The van der Waals surface area contributed by atoms with Gasteiger partial charge in [-0.25, -0.2) is 0 Å². The van der Waals surface area contributed by atoms with E-state index in [1.807, 2.05) is 6.08 Å². The summed E-state index contributed by atoms with van der Waals surface area (Å²) in [5, 5.41) is 54.1. The fourth-order valence-corrected chi connectivity index (χ4v) is 8.33. The maximum atomic E-state index is 13.0. The highest BCUT2D eigenvalue weighted by atomic mass is 16.7. The summed E-state index contributed by atoms with van der Waals surface area (Å²) >= 11 is 0. The lowest BCUT2D eigenvalue weighted by molar-refractivity contribution is -0.302. The average Bonchev–Trinajstić information content (AvgIpc) is 3.31. The third-order valence-electron chi connectivity index (χ3n) is 12.7. The Hall–Kier alpha value is -2.12. The quantitative estimate of drug-likeness (QED) is 0.0196. The molecule has 1 fully saturated rings. The van der Waals surface area contributed by atoms with E-state index in [4.69, 9.17) is 14.2 Å². The number of amides is 1. The Bertz CT molecular complexity index is 1190. The average molecular weight is 936 g/mol. The van der Waals surface area contributed by atoms with Crippen LogP contribution in [0.1, 0.15) is 239 Å². The number of nitrogens with one attached hydrogen (secondary N) is 1. The molecule has 11 heteroatoms. The minimum absolute atomic E-state index is 0.0204. The van der Waals surface area contributed by atoms with E-state index in [0.717, 1.165) is 83.5 Å². The monoisotopic (exact) mass is 936 g/mol. The molecule has 1 rings (SSSR count). The summed E-state index contributed by atoms with van der Waals surface area (Å²) < 4.78 is 16.6. The van der Waals surface area contributed by atoms with E-state index in [1.54, 1.807) is 6.08 Å². The molecule has 1 saturated heterocycles. The van der Waals surface area contributed by atoms with Crippen LogP contribution in [0, 0.1) is 0 Å². The summed E-state index contributed by atoms with van der Waals surface area (Å²) in [5.41, 5.74) is 0. The Morgan fingerprint density at radius 1 is 0.545 bits per heavy atom. The first-order valence-corrected chi connectivity index (χ1v) is 27.3. The van der Waals surface area contributed by atoms with Gasteiger partial charge in [0.15, 0.2) is 6.29 Å². The van der Waals surface area contributed by atoms with Crippen molar-refractivity contribution < 1.29 is 49.3 Å². The molecule has 1 amide bonds. The molecule has 11 nitrogen and oxygen atoms in total. The highest BCUT2D eigenvalue weighted by Gasteiger charge is 2.44. The summed E-state index contributed by atoms with van der Waals surface area (Å²) in [7, 11) is 0. The van der Waals surface area contributed by atoms with Crippen molar-refractivity contribution in [1.29, 1.82) is 0 Å². The highest BCUT2D eigenvalue weighted by molar-refractivity contribution is 5.76. The van der Waals surface area contributed by atoms with Crippen LogP contribution in [-0.2, 0) is 23.8 Å². The number of hydrogen-bond acceptors (Lipinski definition) is 10. The molecule has 7 unspecified atom stereocenters. The molecule has 1 heterocycles. The van der Waals surface area contributed by atoms with E-state index in [1.165, 1.54) is 128 Å². The summed E-state index contributed by atoms with van der Waals surface area (Å²) in [6.45, 7) is 4.25. The van der Waals surface area contributed by atoms with E-state index in [0.29, 0.717) is 19.4 Å². The number of esters is 1. The van der Waals surface area contributed by atoms with Crippen LogP contribution in [0.15, 0.2) is 36.5 Å². The lowest BCUT2D eigenvalue weighted by Crippen LogP contribution is -2.60. The van der Waals surface area contributed by atoms with Gasteiger partial charge in [0, 0.05) is 12.8 Å². The lowest BCUT2D eigenvalue weighted by Gasteiger charge is -2.40. The first kappa shape index (κ1) is 61.9. The fraction of sp³-hybridized carbons (Fsp3) is 0.855. The molecule has 7 atom stereocenters. The van der Waals surface area contributed by atoms with Crippen molar-refractivity contribution in [2.75, 3.05) is 19.8 Å². The molecule has 1 aliphatic heterocycles. The fourth-order valence-electron chi connectivity index (χ4n) is 8.33. The third kappa shape index (κ3) is 35.1. The minimum atomic E-state index is -1.58. The van der Waals surface area contributed by atoms with Gasteiger partial charge in [0.1, 0.15) is 24.4 Å². The predicted octanol–water partition coefficient (Wildman–Crippen LogP) is 11.6. The second-order valence-electron chi connectivity index (χ2n) is 18.9. The first-order chi connectivity index (χ1) is 32.2. The van der Waals surface area contributed by atoms with Crippen LogP contribution in [0.5, 0.6) is 0 Å². The van der Waals surface area contributed by atoms with Gasteiger partial charge < -0.3 is 45.1 Å². The van der Waals surface area contributed by atoms with Crippen molar-refractivity contribution in [3.8, 4) is 0 Å². The topological polar surface area (TPSA) is 175 Å². The third-order valence-corrected chi connectivity index (χ3v) is 12.7. The van der Waals surface area contributed by atoms with Crippen molar-refractivity contribution in [3.63, 3.8) is 0 Å². The van der Waals surface area contributed by atoms with E-state index < -0.39 is 49.5 Å². The number of carbonyl (C=O) groups is 2. The van der Waals surface area contributed by atoms with Gasteiger partial charge in [0.25, 0.3) is 0 Å². The van der Waals surface area contributed by atoms with Gasteiger partial charge in [-0.2, -0.15) is 0 Å². The zero-order chi connectivity index (χ0) is 48.1. The van der Waals surface area contributed by atoms with Crippen molar-refractivity contribution >= 4 is 11.9 Å². The maximum absolute atomic E-state index is 13.0. The highest BCUT2D eigenvalue weighted by Crippen LogP contribution is 2.23. The Morgan fingerprint density at radius 3 is 1.52 bits per heavy atom. The number of rotatable bonds is 46. The van der Waals surface area contributed by atoms with Crippen LogP contribution >= 0.6 is 0 Å². The largest absolute Gasteiger partial charge is 0.466 e. The second-order valence-corrected chi connectivity index (χ2v) is 18.9. The van der Waals surface area contributed by atoms with Gasteiger partial charge in [0.05, 0.1) is 32.0 Å². The molecule has 0 bridgehead atoms. The zero-order valence-electron chi connectivity index (χ0n) is 42.2. The number of hydrogen-bond donors (Lipinski definition) is 6. The minimum Gasteiger partial charge on any atom is -0.466 e. The molecule has 1 aliphatic rings. The van der Waals surface area contributed by atoms with Crippen molar-refractivity contribution in [3.05, 3.63) is 36.5 Å². The number of aliphatic hydroxyl groups is 5. The molecule has 0 radical (unpaired) electrons.